The van der Waals surface area contributed by atoms with Crippen molar-refractivity contribution in [3.8, 4) is 17.0 Å². The van der Waals surface area contributed by atoms with Gasteiger partial charge in [0.1, 0.15) is 17.1 Å². The SMILES string of the molecule is Cn1cc2c(F)c(C(F)(F)C(=N)n3nc(-c4cncc(O)c4)ccc3=N)ccc2n1. The second-order valence-electron chi connectivity index (χ2n) is 6.53. The van der Waals surface area contributed by atoms with E-state index in [1.54, 1.807) is 0 Å². The lowest BCUT2D eigenvalue weighted by Crippen LogP contribution is -2.40. The highest BCUT2D eigenvalue weighted by Crippen LogP contribution is 2.34. The van der Waals surface area contributed by atoms with Gasteiger partial charge in [0.25, 0.3) is 0 Å². The van der Waals surface area contributed by atoms with Crippen LogP contribution in [0.15, 0.2) is 48.9 Å². The van der Waals surface area contributed by atoms with E-state index in [4.69, 9.17) is 10.8 Å². The Balaban J connectivity index is 1.81. The van der Waals surface area contributed by atoms with Gasteiger partial charge in [0.05, 0.1) is 28.4 Å². The lowest BCUT2D eigenvalue weighted by molar-refractivity contribution is 0.0657. The zero-order chi connectivity index (χ0) is 21.6. The summed E-state index contributed by atoms with van der Waals surface area (Å²) in [6.45, 7) is 0. The van der Waals surface area contributed by atoms with E-state index in [1.165, 1.54) is 48.5 Å². The van der Waals surface area contributed by atoms with Gasteiger partial charge in [-0.05, 0) is 30.3 Å². The minimum absolute atomic E-state index is 0.0955. The Morgan fingerprint density at radius 1 is 1.13 bits per heavy atom. The zero-order valence-corrected chi connectivity index (χ0v) is 15.4. The molecule has 4 aromatic rings. The molecule has 0 saturated carbocycles. The van der Waals surface area contributed by atoms with Crippen molar-refractivity contribution < 1.29 is 18.3 Å². The molecule has 1 aromatic carbocycles. The fraction of sp³-hybridized carbons (Fsp3) is 0.105. The van der Waals surface area contributed by atoms with Crippen molar-refractivity contribution in [1.82, 2.24) is 24.5 Å². The molecule has 0 unspecified atom stereocenters. The van der Waals surface area contributed by atoms with Crippen LogP contribution in [-0.4, -0.2) is 35.5 Å². The van der Waals surface area contributed by atoms with E-state index >= 15 is 8.78 Å². The van der Waals surface area contributed by atoms with Crippen LogP contribution in [0.25, 0.3) is 22.2 Å². The van der Waals surface area contributed by atoms with E-state index in [0.717, 1.165) is 12.1 Å². The van der Waals surface area contributed by atoms with Crippen LogP contribution in [-0.2, 0) is 13.0 Å². The molecule has 0 aliphatic rings. The monoisotopic (exact) mass is 413 g/mol. The normalized spacial score (nSPS) is 11.7. The number of fused-ring (bicyclic) bond motifs is 1. The molecule has 30 heavy (non-hydrogen) atoms. The van der Waals surface area contributed by atoms with Crippen molar-refractivity contribution in [2.45, 2.75) is 5.92 Å². The molecule has 3 heterocycles. The van der Waals surface area contributed by atoms with Gasteiger partial charge in [0, 0.05) is 25.0 Å². The van der Waals surface area contributed by atoms with Crippen molar-refractivity contribution in [1.29, 1.82) is 10.8 Å². The Morgan fingerprint density at radius 3 is 2.63 bits per heavy atom. The van der Waals surface area contributed by atoms with Crippen molar-refractivity contribution >= 4 is 16.7 Å². The third-order valence-corrected chi connectivity index (χ3v) is 4.44. The van der Waals surface area contributed by atoms with Crippen LogP contribution >= 0.6 is 0 Å². The number of hydrogen-bond acceptors (Lipinski definition) is 6. The standard InChI is InChI=1S/C19H14F3N7O/c1-28-9-12-15(26-28)3-2-13(17(12)20)19(21,22)18(24)29-16(23)5-4-14(27-29)10-6-11(30)8-25-7-10/h2-9,23-24,30H,1H3. The fourth-order valence-corrected chi connectivity index (χ4v) is 3.00. The predicted molar refractivity (Wildman–Crippen MR) is 101 cm³/mol. The molecule has 0 aliphatic carbocycles. The summed E-state index contributed by atoms with van der Waals surface area (Å²) >= 11 is 0. The molecule has 0 amide bonds. The number of nitrogens with zero attached hydrogens (tertiary/aromatic N) is 5. The van der Waals surface area contributed by atoms with Gasteiger partial charge in [0.2, 0.25) is 0 Å². The maximum absolute atomic E-state index is 15.1. The number of aryl methyl sites for hydroxylation is 1. The van der Waals surface area contributed by atoms with E-state index in [2.05, 4.69) is 15.2 Å². The molecular formula is C19H14F3N7O. The van der Waals surface area contributed by atoms with Crippen molar-refractivity contribution in [3.63, 3.8) is 0 Å². The Kier molecular flexibility index (Phi) is 4.37. The molecule has 4 rings (SSSR count). The minimum Gasteiger partial charge on any atom is -0.506 e. The fourth-order valence-electron chi connectivity index (χ4n) is 3.00. The van der Waals surface area contributed by atoms with Gasteiger partial charge >= 0.3 is 5.92 Å². The van der Waals surface area contributed by atoms with Crippen LogP contribution in [0, 0.1) is 16.6 Å². The summed E-state index contributed by atoms with van der Waals surface area (Å²) in [7, 11) is 1.53. The highest BCUT2D eigenvalue weighted by molar-refractivity contribution is 5.90. The van der Waals surface area contributed by atoms with Crippen molar-refractivity contribution in [2.24, 2.45) is 7.05 Å². The first kappa shape index (κ1) is 19.3. The molecule has 0 spiro atoms. The van der Waals surface area contributed by atoms with Gasteiger partial charge in [0.15, 0.2) is 5.84 Å². The summed E-state index contributed by atoms with van der Waals surface area (Å²) in [5.41, 5.74) is -0.932. The second-order valence-corrected chi connectivity index (χ2v) is 6.53. The second kappa shape index (κ2) is 6.79. The van der Waals surface area contributed by atoms with Crippen LogP contribution in [0.5, 0.6) is 5.75 Å². The molecule has 11 heteroatoms. The summed E-state index contributed by atoms with van der Waals surface area (Å²) in [4.78, 5) is 3.79. The number of benzene rings is 1. The van der Waals surface area contributed by atoms with E-state index in [-0.39, 0.29) is 22.3 Å². The maximum atomic E-state index is 15.1. The number of rotatable bonds is 3. The van der Waals surface area contributed by atoms with Gasteiger partial charge in [-0.3, -0.25) is 20.5 Å². The highest BCUT2D eigenvalue weighted by atomic mass is 19.3. The zero-order valence-electron chi connectivity index (χ0n) is 15.4. The number of alkyl halides is 2. The predicted octanol–water partition coefficient (Wildman–Crippen LogP) is 2.77. The molecule has 0 radical (unpaired) electrons. The van der Waals surface area contributed by atoms with Crippen LogP contribution in [0.4, 0.5) is 13.2 Å². The summed E-state index contributed by atoms with van der Waals surface area (Å²) in [5.74, 6) is -6.85. The average Bonchev–Trinajstić information content (AvgIpc) is 3.09. The van der Waals surface area contributed by atoms with Gasteiger partial charge in [-0.2, -0.15) is 23.7 Å². The van der Waals surface area contributed by atoms with Crippen LogP contribution < -0.4 is 5.49 Å². The summed E-state index contributed by atoms with van der Waals surface area (Å²) in [6.07, 6.45) is 3.79. The molecule has 0 bridgehead atoms. The van der Waals surface area contributed by atoms with Crippen molar-refractivity contribution in [3.05, 3.63) is 65.8 Å². The molecule has 0 fully saturated rings. The first-order valence-corrected chi connectivity index (χ1v) is 8.57. The Bertz CT molecular complexity index is 1360. The van der Waals surface area contributed by atoms with Crippen LogP contribution in [0.1, 0.15) is 5.56 Å². The quantitative estimate of drug-likeness (QED) is 0.354. The third-order valence-electron chi connectivity index (χ3n) is 4.44. The topological polar surface area (TPSA) is 116 Å². The number of nitrogens with one attached hydrogen (secondary N) is 2. The maximum Gasteiger partial charge on any atom is 0.334 e. The third kappa shape index (κ3) is 3.09. The minimum atomic E-state index is -4.09. The van der Waals surface area contributed by atoms with E-state index in [0.29, 0.717) is 10.2 Å². The summed E-state index contributed by atoms with van der Waals surface area (Å²) in [5, 5.41) is 33.2. The summed E-state index contributed by atoms with van der Waals surface area (Å²) in [6, 6.07) is 5.94. The smallest absolute Gasteiger partial charge is 0.334 e. The molecule has 0 saturated heterocycles. The first-order valence-electron chi connectivity index (χ1n) is 8.57. The number of halogens is 3. The lowest BCUT2D eigenvalue weighted by atomic mass is 10.0. The number of hydrogen-bond donors (Lipinski definition) is 3. The van der Waals surface area contributed by atoms with E-state index in [1.807, 2.05) is 0 Å². The van der Waals surface area contributed by atoms with Gasteiger partial charge < -0.3 is 5.11 Å². The first-order chi connectivity index (χ1) is 14.2. The summed E-state index contributed by atoms with van der Waals surface area (Å²) < 4.78 is 46.7. The molecule has 8 nitrogen and oxygen atoms in total. The molecule has 0 atom stereocenters. The van der Waals surface area contributed by atoms with Gasteiger partial charge in [-0.25, -0.2) is 4.39 Å². The Hall–Kier alpha value is -4.02. The van der Waals surface area contributed by atoms with Crippen molar-refractivity contribution in [2.75, 3.05) is 0 Å². The van der Waals surface area contributed by atoms with E-state index in [9.17, 15) is 9.50 Å². The van der Waals surface area contributed by atoms with E-state index < -0.39 is 28.6 Å². The molecule has 3 aromatic heterocycles. The molecule has 152 valence electrons. The number of pyridine rings is 1. The molecular weight excluding hydrogens is 399 g/mol. The van der Waals surface area contributed by atoms with Gasteiger partial charge in [-0.1, -0.05) is 0 Å². The van der Waals surface area contributed by atoms with Crippen LogP contribution in [0.3, 0.4) is 0 Å². The lowest BCUT2D eigenvalue weighted by Gasteiger charge is -2.20. The number of aromatic nitrogens is 5. The molecule has 3 N–H and O–H groups in total. The average molecular weight is 413 g/mol. The largest absolute Gasteiger partial charge is 0.506 e. The number of aromatic hydroxyl groups is 1. The Morgan fingerprint density at radius 2 is 1.90 bits per heavy atom. The van der Waals surface area contributed by atoms with Gasteiger partial charge in [-0.15, -0.1) is 0 Å². The highest BCUT2D eigenvalue weighted by Gasteiger charge is 2.42. The molecule has 0 aliphatic heterocycles. The Labute approximate surface area is 166 Å². The van der Waals surface area contributed by atoms with Crippen LogP contribution in [0.2, 0.25) is 0 Å².